The lowest BCUT2D eigenvalue weighted by atomic mass is 10.0. The summed E-state index contributed by atoms with van der Waals surface area (Å²) in [6, 6.07) is 16.4. The lowest BCUT2D eigenvalue weighted by Crippen LogP contribution is -2.04. The van der Waals surface area contributed by atoms with Crippen molar-refractivity contribution in [2.24, 2.45) is 0 Å². The maximum atomic E-state index is 6.12. The standard InChI is InChI=1S/C15H8Cl3I/c16-15(17,18)14-12-8-10-4-2-1-3-9(10)7-11(12)5-6-13(14)19/h1-8H. The Balaban J connectivity index is 2.48. The van der Waals surface area contributed by atoms with Crippen LogP contribution in [0.4, 0.5) is 0 Å². The molecule has 0 fully saturated rings. The molecule has 96 valence electrons. The van der Waals surface area contributed by atoms with Gasteiger partial charge in [-0.2, -0.15) is 0 Å². The molecule has 0 spiro atoms. The first-order valence-electron chi connectivity index (χ1n) is 5.65. The summed E-state index contributed by atoms with van der Waals surface area (Å²) in [4.78, 5) is 0. The van der Waals surface area contributed by atoms with Crippen LogP contribution in [0.15, 0.2) is 48.5 Å². The van der Waals surface area contributed by atoms with Gasteiger partial charge in [0.15, 0.2) is 0 Å². The van der Waals surface area contributed by atoms with Crippen molar-refractivity contribution in [3.63, 3.8) is 0 Å². The topological polar surface area (TPSA) is 0 Å². The number of hydrogen-bond donors (Lipinski definition) is 0. The van der Waals surface area contributed by atoms with E-state index in [-0.39, 0.29) is 0 Å². The third-order valence-corrected chi connectivity index (χ3v) is 4.58. The van der Waals surface area contributed by atoms with Crippen molar-refractivity contribution in [2.75, 3.05) is 0 Å². The minimum atomic E-state index is -1.42. The van der Waals surface area contributed by atoms with E-state index in [9.17, 15) is 0 Å². The summed E-state index contributed by atoms with van der Waals surface area (Å²) in [5, 5.41) is 4.41. The lowest BCUT2D eigenvalue weighted by molar-refractivity contribution is 1.25. The van der Waals surface area contributed by atoms with Gasteiger partial charge in [-0.15, -0.1) is 0 Å². The average molecular weight is 421 g/mol. The molecule has 0 N–H and O–H groups in total. The van der Waals surface area contributed by atoms with Crippen molar-refractivity contribution < 1.29 is 0 Å². The molecule has 0 aliphatic rings. The van der Waals surface area contributed by atoms with Gasteiger partial charge in [0.25, 0.3) is 0 Å². The van der Waals surface area contributed by atoms with E-state index in [4.69, 9.17) is 34.8 Å². The first-order chi connectivity index (χ1) is 8.97. The molecule has 0 saturated heterocycles. The van der Waals surface area contributed by atoms with Gasteiger partial charge in [-0.25, -0.2) is 0 Å². The molecule has 0 heterocycles. The van der Waals surface area contributed by atoms with E-state index in [1.54, 1.807) is 0 Å². The minimum Gasteiger partial charge on any atom is -0.0784 e. The van der Waals surface area contributed by atoms with Crippen molar-refractivity contribution in [1.82, 2.24) is 0 Å². The first-order valence-corrected chi connectivity index (χ1v) is 7.86. The van der Waals surface area contributed by atoms with E-state index in [1.165, 1.54) is 5.39 Å². The summed E-state index contributed by atoms with van der Waals surface area (Å²) in [5.41, 5.74) is 0.751. The van der Waals surface area contributed by atoms with Gasteiger partial charge in [0.1, 0.15) is 0 Å². The van der Waals surface area contributed by atoms with Crippen molar-refractivity contribution in [1.29, 1.82) is 0 Å². The van der Waals surface area contributed by atoms with Gasteiger partial charge in [-0.1, -0.05) is 65.1 Å². The highest BCUT2D eigenvalue weighted by molar-refractivity contribution is 14.1. The van der Waals surface area contributed by atoms with Crippen LogP contribution in [0.3, 0.4) is 0 Å². The molecule has 0 radical (unpaired) electrons. The number of hydrogen-bond acceptors (Lipinski definition) is 0. The maximum absolute atomic E-state index is 6.12. The molecule has 0 amide bonds. The van der Waals surface area contributed by atoms with Gasteiger partial charge >= 0.3 is 0 Å². The Bertz CT molecular complexity index is 775. The van der Waals surface area contributed by atoms with Gasteiger partial charge < -0.3 is 0 Å². The predicted molar refractivity (Wildman–Crippen MR) is 93.4 cm³/mol. The van der Waals surface area contributed by atoms with Crippen molar-refractivity contribution >= 4 is 78.9 Å². The van der Waals surface area contributed by atoms with Crippen LogP contribution in [0, 0.1) is 3.57 Å². The molecule has 0 aliphatic carbocycles. The van der Waals surface area contributed by atoms with E-state index < -0.39 is 3.79 Å². The van der Waals surface area contributed by atoms with E-state index in [2.05, 4.69) is 52.9 Å². The molecular formula is C15H8Cl3I. The number of benzene rings is 3. The van der Waals surface area contributed by atoms with Crippen LogP contribution in [0.2, 0.25) is 0 Å². The third kappa shape index (κ3) is 2.54. The molecule has 0 saturated carbocycles. The Morgan fingerprint density at radius 1 is 0.789 bits per heavy atom. The summed E-state index contributed by atoms with van der Waals surface area (Å²) in [6.07, 6.45) is 0. The Morgan fingerprint density at radius 2 is 1.42 bits per heavy atom. The van der Waals surface area contributed by atoms with Crippen LogP contribution in [0.25, 0.3) is 21.5 Å². The Kier molecular flexibility index (Phi) is 3.59. The summed E-state index contributed by atoms with van der Waals surface area (Å²) in [6.45, 7) is 0. The first kappa shape index (κ1) is 13.7. The van der Waals surface area contributed by atoms with Gasteiger partial charge in [-0.05, 0) is 62.3 Å². The maximum Gasteiger partial charge on any atom is 0.217 e. The molecule has 3 aromatic rings. The Morgan fingerprint density at radius 3 is 2.05 bits per heavy atom. The van der Waals surface area contributed by atoms with E-state index in [0.29, 0.717) is 0 Å². The third-order valence-electron chi connectivity index (χ3n) is 3.12. The molecule has 3 rings (SSSR count). The largest absolute Gasteiger partial charge is 0.217 e. The second kappa shape index (κ2) is 4.96. The molecule has 19 heavy (non-hydrogen) atoms. The monoisotopic (exact) mass is 420 g/mol. The molecule has 0 nitrogen and oxygen atoms in total. The molecular weight excluding hydrogens is 413 g/mol. The second-order valence-corrected chi connectivity index (χ2v) is 7.78. The summed E-state index contributed by atoms with van der Waals surface area (Å²) < 4.78 is -0.459. The van der Waals surface area contributed by atoms with Gasteiger partial charge in [0.05, 0.1) is 0 Å². The van der Waals surface area contributed by atoms with Crippen LogP contribution in [0.1, 0.15) is 5.56 Å². The minimum absolute atomic E-state index is 0.751. The second-order valence-electron chi connectivity index (χ2n) is 4.34. The van der Waals surface area contributed by atoms with Crippen molar-refractivity contribution in [3.05, 3.63) is 57.7 Å². The van der Waals surface area contributed by atoms with Crippen LogP contribution in [-0.4, -0.2) is 0 Å². The zero-order chi connectivity index (χ0) is 13.6. The smallest absolute Gasteiger partial charge is 0.0784 e. The fourth-order valence-electron chi connectivity index (χ4n) is 2.28. The number of rotatable bonds is 0. The zero-order valence-corrected chi connectivity index (χ0v) is 14.1. The summed E-state index contributed by atoms with van der Waals surface area (Å²) in [7, 11) is 0. The highest BCUT2D eigenvalue weighted by Crippen LogP contribution is 2.44. The van der Waals surface area contributed by atoms with Crippen LogP contribution in [-0.2, 0) is 3.79 Å². The Hall–Kier alpha value is -0.220. The predicted octanol–water partition coefficient (Wildman–Crippen LogP) is 6.42. The number of alkyl halides is 3. The zero-order valence-electron chi connectivity index (χ0n) is 9.63. The molecule has 3 aromatic carbocycles. The molecule has 0 atom stereocenters. The number of halogens is 4. The normalized spacial score (nSPS) is 12.2. The van der Waals surface area contributed by atoms with E-state index in [1.807, 2.05) is 18.2 Å². The quantitative estimate of drug-likeness (QED) is 0.223. The number of fused-ring (bicyclic) bond motifs is 2. The van der Waals surface area contributed by atoms with Gasteiger partial charge in [0.2, 0.25) is 3.79 Å². The van der Waals surface area contributed by atoms with E-state index in [0.717, 1.165) is 25.3 Å². The van der Waals surface area contributed by atoms with Crippen LogP contribution >= 0.6 is 57.4 Å². The van der Waals surface area contributed by atoms with Gasteiger partial charge in [0, 0.05) is 9.13 Å². The van der Waals surface area contributed by atoms with Crippen molar-refractivity contribution in [2.45, 2.75) is 3.79 Å². The summed E-state index contributed by atoms with van der Waals surface area (Å²) >= 11 is 20.6. The SMILES string of the molecule is ClC(Cl)(Cl)c1c(I)ccc2cc3ccccc3cc12. The molecule has 0 bridgehead atoms. The van der Waals surface area contributed by atoms with Gasteiger partial charge in [-0.3, -0.25) is 0 Å². The molecule has 4 heteroatoms. The van der Waals surface area contributed by atoms with Crippen molar-refractivity contribution in [3.8, 4) is 0 Å². The highest BCUT2D eigenvalue weighted by atomic mass is 127. The molecule has 0 unspecified atom stereocenters. The lowest BCUT2D eigenvalue weighted by Gasteiger charge is -2.17. The summed E-state index contributed by atoms with van der Waals surface area (Å²) in [5.74, 6) is 0. The van der Waals surface area contributed by atoms with Crippen LogP contribution < -0.4 is 0 Å². The van der Waals surface area contributed by atoms with E-state index >= 15 is 0 Å². The molecule has 0 aliphatic heterocycles. The van der Waals surface area contributed by atoms with Crippen LogP contribution in [0.5, 0.6) is 0 Å². The molecule has 0 aromatic heterocycles. The average Bonchev–Trinajstić information content (AvgIpc) is 2.34. The fraction of sp³-hybridized carbons (Fsp3) is 0.0667. The fourth-order valence-corrected chi connectivity index (χ4v) is 4.24. The Labute approximate surface area is 139 Å². The highest BCUT2D eigenvalue weighted by Gasteiger charge is 2.27.